The predicted molar refractivity (Wildman–Crippen MR) is 154 cm³/mol. The van der Waals surface area contributed by atoms with Crippen molar-refractivity contribution < 1.29 is 32.5 Å². The molecule has 2 aliphatic carbocycles. The molecule has 6 rings (SSSR count). The molecule has 226 valence electrons. The SMILES string of the molecule is COc1c(C(C)(C)O)cc([C@@H](CNC(=O)c2cc(OC)c3nn(C4CC4)cc3c2)C2CC2)nc1-c1cc(F)c(F)cc1F. The van der Waals surface area contributed by atoms with E-state index in [4.69, 9.17) is 9.47 Å². The first kappa shape index (κ1) is 29.0. The van der Waals surface area contributed by atoms with Crippen molar-refractivity contribution in [1.29, 1.82) is 0 Å². The van der Waals surface area contributed by atoms with E-state index in [9.17, 15) is 23.1 Å². The number of amides is 1. The van der Waals surface area contributed by atoms with Gasteiger partial charge in [0.1, 0.15) is 22.8 Å². The van der Waals surface area contributed by atoms with Crippen molar-refractivity contribution >= 4 is 16.8 Å². The van der Waals surface area contributed by atoms with Crippen LogP contribution < -0.4 is 14.8 Å². The topological polar surface area (TPSA) is 98.5 Å². The van der Waals surface area contributed by atoms with Crippen LogP contribution in [0.3, 0.4) is 0 Å². The lowest BCUT2D eigenvalue weighted by molar-refractivity contribution is 0.0753. The number of rotatable bonds is 10. The van der Waals surface area contributed by atoms with E-state index in [1.54, 1.807) is 39.2 Å². The lowest BCUT2D eigenvalue weighted by Crippen LogP contribution is -2.30. The van der Waals surface area contributed by atoms with E-state index in [1.807, 2.05) is 10.9 Å². The molecule has 2 fully saturated rings. The lowest BCUT2D eigenvalue weighted by Gasteiger charge is -2.26. The van der Waals surface area contributed by atoms with Crippen molar-refractivity contribution in [3.63, 3.8) is 0 Å². The number of halogens is 3. The third kappa shape index (κ3) is 5.65. The second-order valence-electron chi connectivity index (χ2n) is 11.9. The highest BCUT2D eigenvalue weighted by Gasteiger charge is 2.36. The Morgan fingerprint density at radius 2 is 1.77 bits per heavy atom. The van der Waals surface area contributed by atoms with Gasteiger partial charge in [0.05, 0.1) is 25.9 Å². The normalized spacial score (nSPS) is 15.9. The maximum absolute atomic E-state index is 15.0. The van der Waals surface area contributed by atoms with Gasteiger partial charge >= 0.3 is 0 Å². The fourth-order valence-electron chi connectivity index (χ4n) is 5.54. The van der Waals surface area contributed by atoms with E-state index in [0.29, 0.717) is 40.2 Å². The first-order valence-corrected chi connectivity index (χ1v) is 14.3. The Hall–Kier alpha value is -4.12. The maximum Gasteiger partial charge on any atom is 0.251 e. The minimum Gasteiger partial charge on any atom is -0.494 e. The molecule has 0 bridgehead atoms. The monoisotopic (exact) mass is 594 g/mol. The highest BCUT2D eigenvalue weighted by atomic mass is 19.2. The van der Waals surface area contributed by atoms with Gasteiger partial charge in [0.2, 0.25) is 0 Å². The van der Waals surface area contributed by atoms with Crippen LogP contribution in [-0.4, -0.2) is 46.5 Å². The Labute approximate surface area is 246 Å². The molecule has 1 amide bonds. The van der Waals surface area contributed by atoms with Crippen LogP contribution in [0, 0.1) is 23.4 Å². The van der Waals surface area contributed by atoms with Crippen LogP contribution in [0.25, 0.3) is 22.2 Å². The summed E-state index contributed by atoms with van der Waals surface area (Å²) in [5.74, 6) is -3.47. The van der Waals surface area contributed by atoms with E-state index in [1.165, 1.54) is 7.11 Å². The second-order valence-corrected chi connectivity index (χ2v) is 11.9. The van der Waals surface area contributed by atoms with Gasteiger partial charge in [0.25, 0.3) is 5.91 Å². The number of methoxy groups -OCH3 is 2. The molecule has 11 heteroatoms. The molecule has 0 aliphatic heterocycles. The molecule has 1 atom stereocenters. The number of hydrogen-bond donors (Lipinski definition) is 2. The molecule has 8 nitrogen and oxygen atoms in total. The largest absolute Gasteiger partial charge is 0.494 e. The Morgan fingerprint density at radius 1 is 1.05 bits per heavy atom. The Kier molecular flexibility index (Phi) is 7.32. The van der Waals surface area contributed by atoms with Crippen LogP contribution in [0.1, 0.15) is 73.1 Å². The number of aromatic nitrogens is 3. The smallest absolute Gasteiger partial charge is 0.251 e. The highest BCUT2D eigenvalue weighted by Crippen LogP contribution is 2.46. The number of fused-ring (bicyclic) bond motifs is 1. The van der Waals surface area contributed by atoms with E-state index in [0.717, 1.165) is 37.1 Å². The molecule has 2 heterocycles. The molecule has 0 spiro atoms. The molecule has 2 aliphatic rings. The number of ether oxygens (including phenoxy) is 2. The van der Waals surface area contributed by atoms with Gasteiger partial charge in [-0.05, 0) is 69.7 Å². The number of carbonyl (C=O) groups excluding carboxylic acids is 1. The van der Waals surface area contributed by atoms with Crippen LogP contribution in [0.5, 0.6) is 11.5 Å². The van der Waals surface area contributed by atoms with Gasteiger partial charge < -0.3 is 19.9 Å². The third-order valence-electron chi connectivity index (χ3n) is 8.17. The standard InChI is InChI=1S/C32H33F3N4O4/c1-32(2,41)22-12-26(37-29(30(22)43-4)20-11-24(34)25(35)13-23(20)33)21(16-5-6-16)14-36-31(40)17-9-18-15-39(19-7-8-19)38-28(18)27(10-17)42-3/h9-13,15-16,19,21,41H,5-8,14H2,1-4H3,(H,36,40)/t21-/m0/s1. The Morgan fingerprint density at radius 3 is 2.40 bits per heavy atom. The van der Waals surface area contributed by atoms with Crippen molar-refractivity contribution in [1.82, 2.24) is 20.1 Å². The Bertz CT molecular complexity index is 1720. The fourth-order valence-corrected chi connectivity index (χ4v) is 5.54. The number of carbonyl (C=O) groups is 1. The van der Waals surface area contributed by atoms with Gasteiger partial charge in [-0.2, -0.15) is 5.10 Å². The zero-order chi connectivity index (χ0) is 30.6. The van der Waals surface area contributed by atoms with E-state index in [2.05, 4.69) is 15.4 Å². The summed E-state index contributed by atoms with van der Waals surface area (Å²) in [6, 6.07) is 6.69. The van der Waals surface area contributed by atoms with Gasteiger partial charge in [-0.3, -0.25) is 9.48 Å². The fraction of sp³-hybridized carbons (Fsp3) is 0.406. The van der Waals surface area contributed by atoms with Crippen LogP contribution in [0.4, 0.5) is 13.2 Å². The van der Waals surface area contributed by atoms with E-state index in [-0.39, 0.29) is 41.3 Å². The van der Waals surface area contributed by atoms with Crippen molar-refractivity contribution in [2.24, 2.45) is 5.92 Å². The highest BCUT2D eigenvalue weighted by molar-refractivity contribution is 5.99. The van der Waals surface area contributed by atoms with Gasteiger partial charge in [-0.1, -0.05) is 0 Å². The average Bonchev–Trinajstić information content (AvgIpc) is 3.91. The van der Waals surface area contributed by atoms with Crippen molar-refractivity contribution in [3.05, 3.63) is 70.8 Å². The summed E-state index contributed by atoms with van der Waals surface area (Å²) in [4.78, 5) is 18.1. The summed E-state index contributed by atoms with van der Waals surface area (Å²) in [5, 5.41) is 19.5. The zero-order valence-electron chi connectivity index (χ0n) is 24.4. The van der Waals surface area contributed by atoms with E-state index >= 15 is 0 Å². The minimum atomic E-state index is -1.44. The zero-order valence-corrected chi connectivity index (χ0v) is 24.4. The molecule has 0 unspecified atom stereocenters. The van der Waals surface area contributed by atoms with Gasteiger partial charge in [-0.15, -0.1) is 0 Å². The molecule has 4 aromatic rings. The van der Waals surface area contributed by atoms with E-state index < -0.39 is 23.1 Å². The number of nitrogens with one attached hydrogen (secondary N) is 1. The number of hydrogen-bond acceptors (Lipinski definition) is 6. The predicted octanol–water partition coefficient (Wildman–Crippen LogP) is 6.02. The summed E-state index contributed by atoms with van der Waals surface area (Å²) >= 11 is 0. The van der Waals surface area contributed by atoms with Gasteiger partial charge in [0, 0.05) is 52.5 Å². The molecule has 0 saturated heterocycles. The first-order valence-electron chi connectivity index (χ1n) is 14.3. The van der Waals surface area contributed by atoms with Crippen molar-refractivity contribution in [3.8, 4) is 22.8 Å². The summed E-state index contributed by atoms with van der Waals surface area (Å²) < 4.78 is 56.0. The van der Waals surface area contributed by atoms with Gasteiger partial charge in [0.15, 0.2) is 17.4 Å². The molecular formula is C32H33F3N4O4. The molecule has 2 saturated carbocycles. The number of pyridine rings is 1. The second kappa shape index (κ2) is 10.9. The number of aliphatic hydroxyl groups is 1. The van der Waals surface area contributed by atoms with Crippen LogP contribution in [0.15, 0.2) is 36.5 Å². The summed E-state index contributed by atoms with van der Waals surface area (Å²) in [6.45, 7) is 3.29. The van der Waals surface area contributed by atoms with Crippen LogP contribution >= 0.6 is 0 Å². The van der Waals surface area contributed by atoms with Crippen molar-refractivity contribution in [2.75, 3.05) is 20.8 Å². The maximum atomic E-state index is 15.0. The molecular weight excluding hydrogens is 561 g/mol. The van der Waals surface area contributed by atoms with Crippen LogP contribution in [0.2, 0.25) is 0 Å². The number of nitrogens with zero attached hydrogens (tertiary/aromatic N) is 3. The molecule has 2 aromatic heterocycles. The molecule has 43 heavy (non-hydrogen) atoms. The van der Waals surface area contributed by atoms with Crippen LogP contribution in [-0.2, 0) is 5.60 Å². The summed E-state index contributed by atoms with van der Waals surface area (Å²) in [6.07, 6.45) is 5.86. The lowest BCUT2D eigenvalue weighted by atomic mass is 9.90. The third-order valence-corrected chi connectivity index (χ3v) is 8.17. The summed E-state index contributed by atoms with van der Waals surface area (Å²) in [5.41, 5.74) is 0.0833. The molecule has 2 N–H and O–H groups in total. The first-order chi connectivity index (χ1) is 20.5. The average molecular weight is 595 g/mol. The minimum absolute atomic E-state index is 0.0480. The molecule has 2 aromatic carbocycles. The quantitative estimate of drug-likeness (QED) is 0.218. The van der Waals surface area contributed by atoms with Crippen molar-refractivity contribution in [2.45, 2.75) is 57.1 Å². The molecule has 0 radical (unpaired) electrons. The van der Waals surface area contributed by atoms with Gasteiger partial charge in [-0.25, -0.2) is 18.2 Å². The summed E-state index contributed by atoms with van der Waals surface area (Å²) in [7, 11) is 2.88. The number of benzene rings is 2. The Balaban J connectivity index is 1.35.